The fraction of sp³-hybridized carbons (Fsp3) is 0.286. The summed E-state index contributed by atoms with van der Waals surface area (Å²) < 4.78 is 37.9. The third-order valence-electron chi connectivity index (χ3n) is 5.16. The van der Waals surface area contributed by atoms with Crippen molar-refractivity contribution in [2.45, 2.75) is 12.7 Å². The van der Waals surface area contributed by atoms with Crippen molar-refractivity contribution < 1.29 is 18.0 Å². The highest BCUT2D eigenvalue weighted by Crippen LogP contribution is 2.29. The Bertz CT molecular complexity index is 1140. The number of rotatable bonds is 3. The van der Waals surface area contributed by atoms with Gasteiger partial charge < -0.3 is 15.2 Å². The first kappa shape index (κ1) is 20.9. The molecule has 2 aromatic carbocycles. The fourth-order valence-corrected chi connectivity index (χ4v) is 3.48. The Balaban J connectivity index is 1.32. The molecule has 1 fully saturated rings. The number of H-pyrrole nitrogens is 1. The highest BCUT2D eigenvalue weighted by molar-refractivity contribution is 5.89. The number of alkyl halides is 3. The maximum Gasteiger partial charge on any atom is 0.416 e. The molecule has 31 heavy (non-hydrogen) atoms. The van der Waals surface area contributed by atoms with E-state index < -0.39 is 11.7 Å². The van der Waals surface area contributed by atoms with Crippen LogP contribution in [0, 0.1) is 0 Å². The molecular formula is C21H20F3N5O2. The molecule has 1 aromatic heterocycles. The first-order valence-electron chi connectivity index (χ1n) is 9.73. The number of aromatic amines is 1. The molecule has 2 amide bonds. The lowest BCUT2D eigenvalue weighted by atomic mass is 10.2. The van der Waals surface area contributed by atoms with Gasteiger partial charge in [0.25, 0.3) is 5.56 Å². The summed E-state index contributed by atoms with van der Waals surface area (Å²) in [5.41, 5.74) is -0.0104. The molecule has 1 aliphatic rings. The second-order valence-corrected chi connectivity index (χ2v) is 7.30. The number of carbonyl (C=O) groups is 1. The van der Waals surface area contributed by atoms with Crippen LogP contribution in [-0.4, -0.2) is 52.0 Å². The van der Waals surface area contributed by atoms with Gasteiger partial charge in [-0.1, -0.05) is 12.1 Å². The van der Waals surface area contributed by atoms with E-state index >= 15 is 0 Å². The number of hydrogen-bond donors (Lipinski definition) is 2. The van der Waals surface area contributed by atoms with Crippen molar-refractivity contribution in [1.29, 1.82) is 0 Å². The maximum absolute atomic E-state index is 12.6. The smallest absolute Gasteiger partial charge is 0.322 e. The number of aromatic nitrogens is 2. The molecule has 0 atom stereocenters. The molecule has 1 saturated heterocycles. The number of amides is 2. The summed E-state index contributed by atoms with van der Waals surface area (Å²) in [6.45, 7) is 2.51. The van der Waals surface area contributed by atoms with Gasteiger partial charge in [-0.15, -0.1) is 0 Å². The van der Waals surface area contributed by atoms with Gasteiger partial charge in [0.05, 0.1) is 23.0 Å². The van der Waals surface area contributed by atoms with E-state index in [4.69, 9.17) is 0 Å². The topological polar surface area (TPSA) is 81.3 Å². The Morgan fingerprint density at radius 3 is 2.39 bits per heavy atom. The van der Waals surface area contributed by atoms with Crippen LogP contribution in [0.1, 0.15) is 11.4 Å². The lowest BCUT2D eigenvalue weighted by molar-refractivity contribution is -0.137. The summed E-state index contributed by atoms with van der Waals surface area (Å²) in [5.74, 6) is 0.561. The number of nitrogens with zero attached hydrogens (tertiary/aromatic N) is 3. The van der Waals surface area contributed by atoms with Gasteiger partial charge in [-0.05, 0) is 36.4 Å². The Morgan fingerprint density at radius 2 is 1.71 bits per heavy atom. The van der Waals surface area contributed by atoms with Crippen molar-refractivity contribution >= 4 is 22.6 Å². The summed E-state index contributed by atoms with van der Waals surface area (Å²) in [6.07, 6.45) is -4.41. The number of halogens is 3. The first-order chi connectivity index (χ1) is 14.8. The molecule has 10 heteroatoms. The van der Waals surface area contributed by atoms with Crippen molar-refractivity contribution in [3.63, 3.8) is 0 Å². The van der Waals surface area contributed by atoms with Crippen LogP contribution in [0.15, 0.2) is 53.3 Å². The van der Waals surface area contributed by atoms with Gasteiger partial charge in [-0.25, -0.2) is 9.78 Å². The predicted molar refractivity (Wildman–Crippen MR) is 110 cm³/mol. The number of carbonyl (C=O) groups excluding carboxylic acids is 1. The van der Waals surface area contributed by atoms with Crippen molar-refractivity contribution in [1.82, 2.24) is 19.8 Å². The van der Waals surface area contributed by atoms with E-state index in [1.54, 1.807) is 23.1 Å². The third kappa shape index (κ3) is 4.85. The highest BCUT2D eigenvalue weighted by Gasteiger charge is 2.30. The molecule has 0 spiro atoms. The van der Waals surface area contributed by atoms with E-state index in [2.05, 4.69) is 20.2 Å². The van der Waals surface area contributed by atoms with Crippen LogP contribution in [0.2, 0.25) is 0 Å². The average Bonchev–Trinajstić information content (AvgIpc) is 2.74. The van der Waals surface area contributed by atoms with Gasteiger partial charge in [-0.2, -0.15) is 13.2 Å². The van der Waals surface area contributed by atoms with Crippen molar-refractivity contribution in [3.8, 4) is 0 Å². The number of anilines is 1. The molecular weight excluding hydrogens is 411 g/mol. The Hall–Kier alpha value is -3.40. The lowest BCUT2D eigenvalue weighted by Crippen LogP contribution is -2.49. The van der Waals surface area contributed by atoms with Gasteiger partial charge in [0.1, 0.15) is 5.82 Å². The van der Waals surface area contributed by atoms with Crippen molar-refractivity contribution in [3.05, 3.63) is 70.3 Å². The molecule has 4 rings (SSSR count). The van der Waals surface area contributed by atoms with E-state index in [9.17, 15) is 22.8 Å². The quantitative estimate of drug-likeness (QED) is 0.667. The van der Waals surface area contributed by atoms with Crippen LogP contribution in [0.3, 0.4) is 0 Å². The highest BCUT2D eigenvalue weighted by atomic mass is 19.4. The van der Waals surface area contributed by atoms with Crippen molar-refractivity contribution in [2.75, 3.05) is 31.5 Å². The van der Waals surface area contributed by atoms with E-state index in [1.165, 1.54) is 12.1 Å². The molecule has 0 radical (unpaired) electrons. The molecule has 7 nitrogen and oxygen atoms in total. The third-order valence-corrected chi connectivity index (χ3v) is 5.16. The van der Waals surface area contributed by atoms with Crippen LogP contribution in [-0.2, 0) is 12.7 Å². The molecule has 162 valence electrons. The number of fused-ring (bicyclic) bond motifs is 1. The zero-order valence-electron chi connectivity index (χ0n) is 16.4. The van der Waals surface area contributed by atoms with E-state index in [-0.39, 0.29) is 11.6 Å². The van der Waals surface area contributed by atoms with E-state index in [0.29, 0.717) is 55.1 Å². The van der Waals surface area contributed by atoms with Crippen LogP contribution in [0.25, 0.3) is 10.9 Å². The molecule has 0 bridgehead atoms. The number of benzene rings is 2. The largest absolute Gasteiger partial charge is 0.416 e. The molecule has 0 unspecified atom stereocenters. The SMILES string of the molecule is O=C(Nc1ccc(C(F)(F)F)cc1)N1CCN(Cc2nc3ccccc3c(=O)[nH]2)CC1. The van der Waals surface area contributed by atoms with Gasteiger partial charge in [0, 0.05) is 31.9 Å². The van der Waals surface area contributed by atoms with Crippen molar-refractivity contribution in [2.24, 2.45) is 0 Å². The molecule has 1 aliphatic heterocycles. The fourth-order valence-electron chi connectivity index (χ4n) is 3.48. The number of hydrogen-bond acceptors (Lipinski definition) is 4. The number of para-hydroxylation sites is 1. The molecule has 2 N–H and O–H groups in total. The average molecular weight is 431 g/mol. The first-order valence-corrected chi connectivity index (χ1v) is 9.73. The summed E-state index contributed by atoms with van der Waals surface area (Å²) in [4.78, 5) is 35.6. The Kier molecular flexibility index (Phi) is 5.64. The van der Waals surface area contributed by atoms with Crippen LogP contribution < -0.4 is 10.9 Å². The summed E-state index contributed by atoms with van der Waals surface area (Å²) in [7, 11) is 0. The van der Waals surface area contributed by atoms with Gasteiger partial charge in [-0.3, -0.25) is 9.69 Å². The minimum Gasteiger partial charge on any atom is -0.322 e. The number of nitrogens with one attached hydrogen (secondary N) is 2. The minimum absolute atomic E-state index is 0.185. The number of piperazine rings is 1. The second-order valence-electron chi connectivity index (χ2n) is 7.30. The van der Waals surface area contributed by atoms with Crippen LogP contribution in [0.4, 0.5) is 23.7 Å². The van der Waals surface area contributed by atoms with E-state index in [1.807, 2.05) is 6.07 Å². The minimum atomic E-state index is -4.41. The summed E-state index contributed by atoms with van der Waals surface area (Å²) in [5, 5.41) is 3.16. The normalized spacial score (nSPS) is 15.3. The van der Waals surface area contributed by atoms with Crippen LogP contribution in [0.5, 0.6) is 0 Å². The van der Waals surface area contributed by atoms with Crippen LogP contribution >= 0.6 is 0 Å². The second kappa shape index (κ2) is 8.38. The zero-order chi connectivity index (χ0) is 22.0. The van der Waals surface area contributed by atoms with Gasteiger partial charge in [0.2, 0.25) is 0 Å². The predicted octanol–water partition coefficient (Wildman–Crippen LogP) is 3.29. The Labute approximate surface area is 175 Å². The lowest BCUT2D eigenvalue weighted by Gasteiger charge is -2.34. The molecule has 0 aliphatic carbocycles. The number of urea groups is 1. The molecule has 0 saturated carbocycles. The zero-order valence-corrected chi connectivity index (χ0v) is 16.4. The maximum atomic E-state index is 12.6. The van der Waals surface area contributed by atoms with E-state index in [0.717, 1.165) is 12.1 Å². The van der Waals surface area contributed by atoms with Gasteiger partial charge >= 0.3 is 12.2 Å². The standard InChI is InChI=1S/C21H20F3N5O2/c22-21(23,24)14-5-7-15(8-6-14)25-20(31)29-11-9-28(10-12-29)13-18-26-17-4-2-1-3-16(17)19(30)27-18/h1-8H,9-13H2,(H,25,31)(H,26,27,30). The molecule has 2 heterocycles. The summed E-state index contributed by atoms with van der Waals surface area (Å²) >= 11 is 0. The monoisotopic (exact) mass is 431 g/mol. The molecule has 3 aromatic rings. The Morgan fingerprint density at radius 1 is 1.03 bits per heavy atom. The summed E-state index contributed by atoms with van der Waals surface area (Å²) in [6, 6.07) is 11.1. The van der Waals surface area contributed by atoms with Gasteiger partial charge in [0.15, 0.2) is 0 Å².